The third kappa shape index (κ3) is 3.56. The Morgan fingerprint density at radius 1 is 0.417 bits per heavy atom. The summed E-state index contributed by atoms with van der Waals surface area (Å²) in [5, 5.41) is 4.59. The third-order valence-electron chi connectivity index (χ3n) is 6.58. The van der Waals surface area contributed by atoms with Crippen molar-refractivity contribution in [2.24, 2.45) is 0 Å². The van der Waals surface area contributed by atoms with Gasteiger partial charge < -0.3 is 0 Å². The van der Waals surface area contributed by atoms with Gasteiger partial charge in [0, 0.05) is 46.1 Å². The molecule has 0 N–H and O–H groups in total. The largest absolute Gasteiger partial charge is 0.254 e. The van der Waals surface area contributed by atoms with E-state index in [1.54, 1.807) is 0 Å². The molecule has 0 aliphatic heterocycles. The predicted molar refractivity (Wildman–Crippen MR) is 146 cm³/mol. The molecule has 7 rings (SSSR count). The van der Waals surface area contributed by atoms with Crippen LogP contribution in [0.4, 0.5) is 0 Å². The highest BCUT2D eigenvalue weighted by atomic mass is 14.9. The second kappa shape index (κ2) is 8.36. The zero-order valence-electron chi connectivity index (χ0n) is 19.3. The molecule has 4 nitrogen and oxygen atoms in total. The Hall–Kier alpha value is -4.96. The molecule has 168 valence electrons. The molecular weight excluding hydrogens is 440 g/mol. The first kappa shape index (κ1) is 20.4. The van der Waals surface area contributed by atoms with Gasteiger partial charge in [-0.25, -0.2) is 15.0 Å². The highest BCUT2D eigenvalue weighted by Gasteiger charge is 2.09. The summed E-state index contributed by atoms with van der Waals surface area (Å²) < 4.78 is 0. The Kier molecular flexibility index (Phi) is 4.74. The molecular formula is C32H20N4. The van der Waals surface area contributed by atoms with E-state index < -0.39 is 0 Å². The van der Waals surface area contributed by atoms with Crippen LogP contribution in [-0.4, -0.2) is 19.9 Å². The average Bonchev–Trinajstić information content (AvgIpc) is 2.97. The van der Waals surface area contributed by atoms with Gasteiger partial charge in [0.05, 0.1) is 16.7 Å². The van der Waals surface area contributed by atoms with E-state index in [1.165, 1.54) is 10.8 Å². The molecule has 0 aliphatic carbocycles. The standard InChI is InChI=1S/C32H20N4/c1-2-6-24-17-25(13-10-21(24)5-1)28-19-34-32(35-20-28)27-8-3-7-26(18-27)29-15-14-23-12-11-22-9-4-16-33-30(22)31(23)36-29/h1-20H. The van der Waals surface area contributed by atoms with Crippen molar-refractivity contribution in [3.8, 4) is 33.8 Å². The molecule has 0 atom stereocenters. The van der Waals surface area contributed by atoms with E-state index in [-0.39, 0.29) is 0 Å². The zero-order chi connectivity index (χ0) is 23.9. The van der Waals surface area contributed by atoms with E-state index in [0.717, 1.165) is 49.8 Å². The Bertz CT molecular complexity index is 1890. The summed E-state index contributed by atoms with van der Waals surface area (Å²) in [6, 6.07) is 35.4. The monoisotopic (exact) mass is 460 g/mol. The minimum Gasteiger partial charge on any atom is -0.254 e. The Balaban J connectivity index is 1.24. The fraction of sp³-hybridized carbons (Fsp3) is 0. The summed E-state index contributed by atoms with van der Waals surface area (Å²) in [6.07, 6.45) is 5.60. The number of rotatable bonds is 3. The Morgan fingerprint density at radius 2 is 1.14 bits per heavy atom. The molecule has 0 fully saturated rings. The van der Waals surface area contributed by atoms with Gasteiger partial charge in [0.1, 0.15) is 0 Å². The lowest BCUT2D eigenvalue weighted by atomic mass is 10.0. The molecule has 0 aliphatic rings. The first-order valence-corrected chi connectivity index (χ1v) is 11.9. The molecule has 0 saturated heterocycles. The van der Waals surface area contributed by atoms with E-state index in [1.807, 2.05) is 36.8 Å². The molecule has 0 saturated carbocycles. The number of benzene rings is 4. The summed E-state index contributed by atoms with van der Waals surface area (Å²) in [4.78, 5) is 18.9. The molecule has 0 unspecified atom stereocenters. The van der Waals surface area contributed by atoms with E-state index >= 15 is 0 Å². The number of pyridine rings is 2. The fourth-order valence-corrected chi connectivity index (χ4v) is 4.70. The van der Waals surface area contributed by atoms with Gasteiger partial charge in [0.15, 0.2) is 5.82 Å². The molecule has 3 aromatic heterocycles. The van der Waals surface area contributed by atoms with Crippen LogP contribution in [0.1, 0.15) is 0 Å². The van der Waals surface area contributed by atoms with Crippen molar-refractivity contribution in [3.05, 3.63) is 122 Å². The first-order chi connectivity index (χ1) is 17.8. The minimum atomic E-state index is 0.689. The van der Waals surface area contributed by atoms with Gasteiger partial charge in [-0.05, 0) is 40.6 Å². The molecule has 4 heteroatoms. The summed E-state index contributed by atoms with van der Waals surface area (Å²) in [6.45, 7) is 0. The SMILES string of the molecule is c1cc(-c2ccc3ccc4cccnc4c3n2)cc(-c2ncc(-c3ccc4ccccc4c3)cn2)c1. The van der Waals surface area contributed by atoms with Crippen LogP contribution in [-0.2, 0) is 0 Å². The number of hydrogen-bond acceptors (Lipinski definition) is 4. The van der Waals surface area contributed by atoms with Crippen LogP contribution in [0.25, 0.3) is 66.4 Å². The van der Waals surface area contributed by atoms with E-state index in [0.29, 0.717) is 5.82 Å². The average molecular weight is 461 g/mol. The molecule has 3 heterocycles. The van der Waals surface area contributed by atoms with E-state index in [4.69, 9.17) is 4.98 Å². The molecule has 4 aromatic carbocycles. The van der Waals surface area contributed by atoms with Crippen LogP contribution in [0.5, 0.6) is 0 Å². The van der Waals surface area contributed by atoms with Crippen molar-refractivity contribution in [2.75, 3.05) is 0 Å². The van der Waals surface area contributed by atoms with Crippen molar-refractivity contribution in [2.45, 2.75) is 0 Å². The number of aromatic nitrogens is 4. The van der Waals surface area contributed by atoms with Crippen LogP contribution in [0.3, 0.4) is 0 Å². The number of nitrogens with zero attached hydrogens (tertiary/aromatic N) is 4. The molecule has 7 aromatic rings. The Labute approximate surface area is 208 Å². The van der Waals surface area contributed by atoms with Gasteiger partial charge in [-0.1, -0.05) is 78.9 Å². The maximum Gasteiger partial charge on any atom is 0.159 e. The highest BCUT2D eigenvalue weighted by molar-refractivity contribution is 6.03. The molecule has 0 radical (unpaired) electrons. The van der Waals surface area contributed by atoms with Gasteiger partial charge in [-0.2, -0.15) is 0 Å². The van der Waals surface area contributed by atoms with Gasteiger partial charge in [-0.3, -0.25) is 4.98 Å². The Morgan fingerprint density at radius 3 is 2.03 bits per heavy atom. The maximum absolute atomic E-state index is 4.98. The highest BCUT2D eigenvalue weighted by Crippen LogP contribution is 2.29. The fourth-order valence-electron chi connectivity index (χ4n) is 4.70. The van der Waals surface area contributed by atoms with Crippen LogP contribution >= 0.6 is 0 Å². The molecule has 0 amide bonds. The summed E-state index contributed by atoms with van der Waals surface area (Å²) in [5.74, 6) is 0.689. The summed E-state index contributed by atoms with van der Waals surface area (Å²) in [7, 11) is 0. The lowest BCUT2D eigenvalue weighted by molar-refractivity contribution is 1.18. The summed E-state index contributed by atoms with van der Waals surface area (Å²) in [5.41, 5.74) is 6.80. The first-order valence-electron chi connectivity index (χ1n) is 11.9. The van der Waals surface area contributed by atoms with Crippen molar-refractivity contribution in [1.82, 2.24) is 19.9 Å². The summed E-state index contributed by atoms with van der Waals surface area (Å²) >= 11 is 0. The minimum absolute atomic E-state index is 0.689. The van der Waals surface area contributed by atoms with Crippen LogP contribution in [0.2, 0.25) is 0 Å². The quantitative estimate of drug-likeness (QED) is 0.253. The van der Waals surface area contributed by atoms with Crippen molar-refractivity contribution in [3.63, 3.8) is 0 Å². The predicted octanol–water partition coefficient (Wildman–Crippen LogP) is 7.73. The second-order valence-electron chi connectivity index (χ2n) is 8.85. The van der Waals surface area contributed by atoms with Crippen LogP contribution in [0, 0.1) is 0 Å². The van der Waals surface area contributed by atoms with Gasteiger partial charge in [0.25, 0.3) is 0 Å². The van der Waals surface area contributed by atoms with E-state index in [9.17, 15) is 0 Å². The van der Waals surface area contributed by atoms with Gasteiger partial charge in [0.2, 0.25) is 0 Å². The lowest BCUT2D eigenvalue weighted by Crippen LogP contribution is -1.92. The van der Waals surface area contributed by atoms with Crippen molar-refractivity contribution >= 4 is 32.6 Å². The van der Waals surface area contributed by atoms with Crippen molar-refractivity contribution < 1.29 is 0 Å². The number of fused-ring (bicyclic) bond motifs is 4. The number of hydrogen-bond donors (Lipinski definition) is 0. The third-order valence-corrected chi connectivity index (χ3v) is 6.58. The van der Waals surface area contributed by atoms with Crippen LogP contribution in [0.15, 0.2) is 122 Å². The second-order valence-corrected chi connectivity index (χ2v) is 8.85. The van der Waals surface area contributed by atoms with Gasteiger partial charge in [-0.15, -0.1) is 0 Å². The van der Waals surface area contributed by atoms with Crippen molar-refractivity contribution in [1.29, 1.82) is 0 Å². The maximum atomic E-state index is 4.98. The smallest absolute Gasteiger partial charge is 0.159 e. The molecule has 0 spiro atoms. The normalized spacial score (nSPS) is 11.3. The van der Waals surface area contributed by atoms with E-state index in [2.05, 4.69) is 99.9 Å². The lowest BCUT2D eigenvalue weighted by Gasteiger charge is -2.08. The molecule has 36 heavy (non-hydrogen) atoms. The topological polar surface area (TPSA) is 51.6 Å². The molecule has 0 bridgehead atoms. The van der Waals surface area contributed by atoms with Crippen LogP contribution < -0.4 is 0 Å². The van der Waals surface area contributed by atoms with Gasteiger partial charge >= 0.3 is 0 Å². The zero-order valence-corrected chi connectivity index (χ0v) is 19.3.